The van der Waals surface area contributed by atoms with Gasteiger partial charge in [-0.15, -0.1) is 0 Å². The fourth-order valence-corrected chi connectivity index (χ4v) is 5.48. The number of benzene rings is 3. The van der Waals surface area contributed by atoms with Crippen LogP contribution in [-0.4, -0.2) is 12.3 Å². The molecule has 0 radical (unpaired) electrons. The SMILES string of the molecule is Cc1cccc(C)[n+]1CCCCC(=O)O[B-](c1c(F)c(F)c(F)c(F)c1F)(c1c(F)c(F)c(F)c(F)c1F)c1c(F)c(F)c(F)c(F)c1F. The lowest BCUT2D eigenvalue weighted by Crippen LogP contribution is -2.75. The second-order valence-corrected chi connectivity index (χ2v) is 10.6. The van der Waals surface area contributed by atoms with Gasteiger partial charge in [0, 0.05) is 38.8 Å². The molecule has 0 saturated carbocycles. The number of aromatic nitrogens is 1. The van der Waals surface area contributed by atoms with Crippen LogP contribution in [0.5, 0.6) is 0 Å². The minimum atomic E-state index is -6.39. The van der Waals surface area contributed by atoms with Crippen LogP contribution in [0.1, 0.15) is 30.7 Å². The van der Waals surface area contributed by atoms with E-state index in [0.717, 1.165) is 0 Å². The average molecular weight is 719 g/mol. The molecule has 49 heavy (non-hydrogen) atoms. The molecule has 4 rings (SSSR count). The zero-order valence-corrected chi connectivity index (χ0v) is 24.6. The molecule has 0 saturated heterocycles. The number of carbonyl (C=O) groups excluding carboxylic acids is 1. The first-order valence-electron chi connectivity index (χ1n) is 13.7. The molecule has 19 heteroatoms. The summed E-state index contributed by atoms with van der Waals surface area (Å²) in [5.41, 5.74) is -7.66. The van der Waals surface area contributed by atoms with Crippen molar-refractivity contribution in [3.63, 3.8) is 0 Å². The van der Waals surface area contributed by atoms with Crippen molar-refractivity contribution in [3.05, 3.63) is 117 Å². The van der Waals surface area contributed by atoms with Crippen molar-refractivity contribution in [1.29, 1.82) is 0 Å². The monoisotopic (exact) mass is 719 g/mol. The summed E-state index contributed by atoms with van der Waals surface area (Å²) in [4.78, 5) is 13.2. The van der Waals surface area contributed by atoms with Gasteiger partial charge in [-0.3, -0.25) is 4.79 Å². The molecular weight excluding hydrogens is 702 g/mol. The van der Waals surface area contributed by atoms with E-state index in [9.17, 15) is 44.3 Å². The Morgan fingerprint density at radius 3 is 1.10 bits per heavy atom. The predicted octanol–water partition coefficient (Wildman–Crippen LogP) is 6.06. The van der Waals surface area contributed by atoms with Gasteiger partial charge < -0.3 is 4.65 Å². The normalized spacial score (nSPS) is 11.8. The molecule has 4 aromatic rings. The first kappa shape index (κ1) is 37.1. The van der Waals surface area contributed by atoms with Crippen LogP contribution in [0.3, 0.4) is 0 Å². The number of carbonyl (C=O) groups is 1. The molecule has 262 valence electrons. The third kappa shape index (κ3) is 5.96. The molecule has 1 aromatic heterocycles. The van der Waals surface area contributed by atoms with E-state index in [2.05, 4.69) is 4.65 Å². The molecule has 0 amide bonds. The van der Waals surface area contributed by atoms with E-state index >= 15 is 26.3 Å². The Hall–Kier alpha value is -4.71. The summed E-state index contributed by atoms with van der Waals surface area (Å²) in [6, 6.07) is 5.05. The van der Waals surface area contributed by atoms with Gasteiger partial charge in [-0.2, -0.15) is 0 Å². The molecule has 0 atom stereocenters. The summed E-state index contributed by atoms with van der Waals surface area (Å²) in [5, 5.41) is 0. The van der Waals surface area contributed by atoms with Crippen molar-refractivity contribution in [2.75, 3.05) is 0 Å². The van der Waals surface area contributed by atoms with Gasteiger partial charge in [0.25, 0.3) is 12.3 Å². The Bertz CT molecular complexity index is 1750. The summed E-state index contributed by atoms with van der Waals surface area (Å²) in [6.45, 7) is 3.46. The second-order valence-electron chi connectivity index (χ2n) is 10.6. The van der Waals surface area contributed by atoms with Crippen molar-refractivity contribution in [3.8, 4) is 0 Å². The van der Waals surface area contributed by atoms with Gasteiger partial charge in [0.2, 0.25) is 0 Å². The molecule has 3 aromatic carbocycles. The maximum atomic E-state index is 15.5. The van der Waals surface area contributed by atoms with Gasteiger partial charge in [-0.05, 0) is 12.5 Å². The van der Waals surface area contributed by atoms with Crippen LogP contribution in [0.4, 0.5) is 65.9 Å². The number of nitrogens with zero attached hydrogens (tertiary/aromatic N) is 1. The van der Waals surface area contributed by atoms with Gasteiger partial charge >= 0.3 is 0 Å². The number of halogens is 15. The van der Waals surface area contributed by atoms with Crippen molar-refractivity contribution < 1.29 is 79.9 Å². The lowest BCUT2D eigenvalue weighted by molar-refractivity contribution is -0.708. The van der Waals surface area contributed by atoms with E-state index in [1.807, 2.05) is 0 Å². The molecule has 0 N–H and O–H groups in total. The van der Waals surface area contributed by atoms with E-state index in [1.165, 1.54) is 0 Å². The predicted molar refractivity (Wildman–Crippen MR) is 139 cm³/mol. The van der Waals surface area contributed by atoms with E-state index in [1.54, 1.807) is 36.6 Å². The molecule has 0 spiro atoms. The van der Waals surface area contributed by atoms with Gasteiger partial charge in [0.15, 0.2) is 63.7 Å². The summed E-state index contributed by atoms with van der Waals surface area (Å²) < 4.78 is 229. The summed E-state index contributed by atoms with van der Waals surface area (Å²) in [7, 11) is 0. The third-order valence-corrected chi connectivity index (χ3v) is 7.80. The minimum absolute atomic E-state index is 0.0426. The number of hydrogen-bond donors (Lipinski definition) is 0. The fourth-order valence-electron chi connectivity index (χ4n) is 5.48. The molecule has 0 bridgehead atoms. The molecule has 0 unspecified atom stereocenters. The van der Waals surface area contributed by atoms with Crippen molar-refractivity contribution >= 4 is 28.7 Å². The van der Waals surface area contributed by atoms with Crippen molar-refractivity contribution in [2.45, 2.75) is 39.7 Å². The summed E-state index contributed by atoms with van der Waals surface area (Å²) in [6.07, 6.45) is -8.00. The van der Waals surface area contributed by atoms with Crippen LogP contribution in [0.2, 0.25) is 0 Å². The molecule has 0 aliphatic rings. The molecule has 1 heterocycles. The van der Waals surface area contributed by atoms with Gasteiger partial charge in [-0.1, -0.05) is 16.4 Å². The van der Waals surface area contributed by atoms with E-state index < -0.39 is 129 Å². The van der Waals surface area contributed by atoms with Gasteiger partial charge in [0.1, 0.15) is 41.4 Å². The first-order chi connectivity index (χ1) is 22.8. The highest BCUT2D eigenvalue weighted by atomic mass is 19.2. The Morgan fingerprint density at radius 1 is 0.510 bits per heavy atom. The third-order valence-electron chi connectivity index (χ3n) is 7.80. The van der Waals surface area contributed by atoms with Crippen LogP contribution < -0.4 is 21.0 Å². The largest absolute Gasteiger partial charge is 0.676 e. The van der Waals surface area contributed by atoms with Crippen LogP contribution in [0.15, 0.2) is 18.2 Å². The second kappa shape index (κ2) is 13.7. The van der Waals surface area contributed by atoms with Crippen LogP contribution in [-0.2, 0) is 16.0 Å². The van der Waals surface area contributed by atoms with E-state index in [0.29, 0.717) is 11.4 Å². The quantitative estimate of drug-likeness (QED) is 0.0527. The number of pyridine rings is 1. The van der Waals surface area contributed by atoms with Crippen LogP contribution >= 0.6 is 0 Å². The molecule has 0 aliphatic heterocycles. The van der Waals surface area contributed by atoms with Crippen molar-refractivity contribution in [2.24, 2.45) is 0 Å². The number of unbranched alkanes of at least 4 members (excludes halogenated alkanes) is 1. The smallest absolute Gasteiger partial charge is 0.268 e. The van der Waals surface area contributed by atoms with Gasteiger partial charge in [0.05, 0.1) is 0 Å². The Kier molecular flexibility index (Phi) is 10.3. The zero-order chi connectivity index (χ0) is 36.9. The maximum Gasteiger partial charge on any atom is 0.268 e. The minimum Gasteiger partial charge on any atom is -0.676 e. The number of aryl methyl sites for hydroxylation is 2. The number of hydrogen-bond acceptors (Lipinski definition) is 2. The average Bonchev–Trinajstić information content (AvgIpc) is 3.05. The highest BCUT2D eigenvalue weighted by Gasteiger charge is 2.51. The molecular formula is C30H17BF15NO2. The Labute approximate surface area is 265 Å². The number of rotatable bonds is 9. The molecule has 0 fully saturated rings. The first-order valence-corrected chi connectivity index (χ1v) is 13.7. The van der Waals surface area contributed by atoms with Crippen molar-refractivity contribution in [1.82, 2.24) is 0 Å². The van der Waals surface area contributed by atoms with Crippen LogP contribution in [0, 0.1) is 101 Å². The summed E-state index contributed by atoms with van der Waals surface area (Å²) in [5.74, 6) is -50.1. The van der Waals surface area contributed by atoms with Crippen LogP contribution in [0.25, 0.3) is 0 Å². The highest BCUT2D eigenvalue weighted by Crippen LogP contribution is 2.29. The topological polar surface area (TPSA) is 30.2 Å². The van der Waals surface area contributed by atoms with Gasteiger partial charge in [-0.25, -0.2) is 70.4 Å². The standard InChI is InChI=1S/C30H17BF15NO2/c1-10-6-5-7-11(2)47(10)9-4-3-8-12(48)49-31(13-16(32)22(38)28(44)23(39)17(13)33,14-18(34)24(40)29(45)25(41)19(14)35)15-20(36)26(42)30(46)27(43)21(15)37/h5-7H,3-4,8-9H2,1-2H3. The Balaban J connectivity index is 2.10. The molecule has 0 aliphatic carbocycles. The Morgan fingerprint density at radius 2 is 0.796 bits per heavy atom. The zero-order valence-electron chi connectivity index (χ0n) is 24.6. The maximum absolute atomic E-state index is 15.5. The summed E-state index contributed by atoms with van der Waals surface area (Å²) >= 11 is 0. The fraction of sp³-hybridized carbons (Fsp3) is 0.200. The van der Waals surface area contributed by atoms with E-state index in [4.69, 9.17) is 0 Å². The lowest BCUT2D eigenvalue weighted by atomic mass is 9.27. The highest BCUT2D eigenvalue weighted by molar-refractivity contribution is 7.08. The molecule has 3 nitrogen and oxygen atoms in total. The lowest BCUT2D eigenvalue weighted by Gasteiger charge is -2.44. The van der Waals surface area contributed by atoms with E-state index in [-0.39, 0.29) is 13.0 Å².